The smallest absolute Gasteiger partial charge is 0.305 e. The molecule has 3 amide bonds. The van der Waals surface area contributed by atoms with E-state index in [0.717, 1.165) is 0 Å². The molecule has 0 aromatic heterocycles. The number of anilines is 1. The van der Waals surface area contributed by atoms with Crippen molar-refractivity contribution in [1.82, 2.24) is 15.5 Å². The van der Waals surface area contributed by atoms with Crippen molar-refractivity contribution in [3.63, 3.8) is 0 Å². The van der Waals surface area contributed by atoms with E-state index in [2.05, 4.69) is 16.0 Å². The number of nitrogens with one attached hydrogen (secondary N) is 3. The molecule has 0 spiro atoms. The molecule has 5 N–H and O–H groups in total. The Morgan fingerprint density at radius 3 is 2.39 bits per heavy atom. The second-order valence-corrected chi connectivity index (χ2v) is 11.2. The maximum Gasteiger partial charge on any atom is 0.305 e. The standard InChI is InChI=1S/C26H37ClN4O7/c1-14(2)22(35)28-15-8-9-17(18(27)11-15)23(36)30-21(26(3,4)5)25(38)31-10-6-7-19(31)24(37)29-16(13-32)12-20(33)34/h8-9,11,13-14,16,19,21,23,30,36H,6-7,10,12H2,1-5H3,(H,28,35)(H,29,37)(H,33,34)/t16-,19-,21+,23?/m0/s1. The lowest BCUT2D eigenvalue weighted by atomic mass is 9.85. The first-order valence-corrected chi connectivity index (χ1v) is 12.9. The number of aliphatic hydroxyl groups excluding tert-OH is 1. The molecular weight excluding hydrogens is 516 g/mol. The van der Waals surface area contributed by atoms with Crippen molar-refractivity contribution in [1.29, 1.82) is 0 Å². The van der Waals surface area contributed by atoms with E-state index in [4.69, 9.17) is 16.7 Å². The highest BCUT2D eigenvalue weighted by molar-refractivity contribution is 6.31. The van der Waals surface area contributed by atoms with E-state index in [9.17, 15) is 29.1 Å². The summed E-state index contributed by atoms with van der Waals surface area (Å²) in [5.74, 6) is -2.67. The minimum absolute atomic E-state index is 0.183. The van der Waals surface area contributed by atoms with E-state index in [-0.39, 0.29) is 23.4 Å². The molecule has 2 rings (SSSR count). The fourth-order valence-electron chi connectivity index (χ4n) is 4.12. The van der Waals surface area contributed by atoms with Crippen molar-refractivity contribution in [3.05, 3.63) is 28.8 Å². The lowest BCUT2D eigenvalue weighted by Gasteiger charge is -2.37. The molecule has 1 aromatic rings. The molecule has 1 saturated heterocycles. The van der Waals surface area contributed by atoms with E-state index in [1.165, 1.54) is 11.0 Å². The first-order chi connectivity index (χ1) is 17.6. The van der Waals surface area contributed by atoms with E-state index in [1.807, 2.05) is 20.8 Å². The zero-order valence-corrected chi connectivity index (χ0v) is 23.0. The summed E-state index contributed by atoms with van der Waals surface area (Å²) < 4.78 is 0. The van der Waals surface area contributed by atoms with Crippen LogP contribution in [0.4, 0.5) is 5.69 Å². The van der Waals surface area contributed by atoms with Crippen molar-refractivity contribution in [3.8, 4) is 0 Å². The molecule has 11 nitrogen and oxygen atoms in total. The third-order valence-corrected chi connectivity index (χ3v) is 6.58. The van der Waals surface area contributed by atoms with E-state index in [1.54, 1.807) is 26.0 Å². The summed E-state index contributed by atoms with van der Waals surface area (Å²) in [5, 5.41) is 28.2. The highest BCUT2D eigenvalue weighted by atomic mass is 35.5. The fraction of sp³-hybridized carbons (Fsp3) is 0.577. The topological polar surface area (TPSA) is 165 Å². The third kappa shape index (κ3) is 8.24. The summed E-state index contributed by atoms with van der Waals surface area (Å²) in [6.07, 6.45) is -0.648. The number of aliphatic hydroxyl groups is 1. The molecular formula is C26H37ClN4O7. The fourth-order valence-corrected chi connectivity index (χ4v) is 4.41. The number of carbonyl (C=O) groups excluding carboxylic acids is 4. The summed E-state index contributed by atoms with van der Waals surface area (Å²) in [6.45, 7) is 9.23. The van der Waals surface area contributed by atoms with Crippen LogP contribution in [0.25, 0.3) is 0 Å². The number of aliphatic carboxylic acids is 1. The normalized spacial score (nSPS) is 18.0. The zero-order chi connectivity index (χ0) is 28.8. The molecule has 0 saturated carbocycles. The quantitative estimate of drug-likeness (QED) is 0.205. The Kier molecular flexibility index (Phi) is 10.8. The van der Waals surface area contributed by atoms with Crippen LogP contribution in [-0.2, 0) is 24.0 Å². The number of carboxylic acid groups (broad SMARTS) is 1. The predicted molar refractivity (Wildman–Crippen MR) is 141 cm³/mol. The van der Waals surface area contributed by atoms with Crippen molar-refractivity contribution < 1.29 is 34.2 Å². The van der Waals surface area contributed by atoms with Gasteiger partial charge in [0.25, 0.3) is 0 Å². The minimum atomic E-state index is -1.34. The number of rotatable bonds is 11. The van der Waals surface area contributed by atoms with Crippen molar-refractivity contribution in [2.45, 2.75) is 78.2 Å². The second kappa shape index (κ2) is 13.2. The number of carboxylic acids is 1. The van der Waals surface area contributed by atoms with Gasteiger partial charge in [-0.25, -0.2) is 0 Å². The van der Waals surface area contributed by atoms with Gasteiger partial charge in [0.05, 0.1) is 18.5 Å². The molecule has 210 valence electrons. The van der Waals surface area contributed by atoms with Crippen LogP contribution in [0.1, 0.15) is 65.7 Å². The molecule has 38 heavy (non-hydrogen) atoms. The highest BCUT2D eigenvalue weighted by Crippen LogP contribution is 2.30. The van der Waals surface area contributed by atoms with Gasteiger partial charge in [0.1, 0.15) is 18.6 Å². The maximum absolute atomic E-state index is 13.7. The van der Waals surface area contributed by atoms with Gasteiger partial charge in [0.15, 0.2) is 0 Å². The van der Waals surface area contributed by atoms with Crippen LogP contribution in [0.3, 0.4) is 0 Å². The Morgan fingerprint density at radius 1 is 1.21 bits per heavy atom. The average Bonchev–Trinajstić information content (AvgIpc) is 3.30. The van der Waals surface area contributed by atoms with Crippen LogP contribution in [0, 0.1) is 11.3 Å². The summed E-state index contributed by atoms with van der Waals surface area (Å²) in [7, 11) is 0. The van der Waals surface area contributed by atoms with Crippen LogP contribution >= 0.6 is 11.6 Å². The minimum Gasteiger partial charge on any atom is -0.481 e. The number of carbonyl (C=O) groups is 5. The lowest BCUT2D eigenvalue weighted by Crippen LogP contribution is -2.57. The van der Waals surface area contributed by atoms with E-state index >= 15 is 0 Å². The van der Waals surface area contributed by atoms with Crippen LogP contribution in [-0.4, -0.2) is 69.8 Å². The van der Waals surface area contributed by atoms with Gasteiger partial charge in [-0.2, -0.15) is 0 Å². The number of amides is 3. The predicted octanol–water partition coefficient (Wildman–Crippen LogP) is 2.08. The van der Waals surface area contributed by atoms with Crippen molar-refractivity contribution in [2.75, 3.05) is 11.9 Å². The summed E-state index contributed by atoms with van der Waals surface area (Å²) >= 11 is 6.38. The third-order valence-electron chi connectivity index (χ3n) is 6.25. The molecule has 1 heterocycles. The van der Waals surface area contributed by atoms with Gasteiger partial charge in [-0.15, -0.1) is 0 Å². The zero-order valence-electron chi connectivity index (χ0n) is 22.3. The van der Waals surface area contributed by atoms with Crippen LogP contribution in [0.5, 0.6) is 0 Å². The molecule has 1 aliphatic rings. The Morgan fingerprint density at radius 2 is 1.87 bits per heavy atom. The molecule has 0 bridgehead atoms. The van der Waals surface area contributed by atoms with Gasteiger partial charge in [-0.05, 0) is 30.4 Å². The van der Waals surface area contributed by atoms with Gasteiger partial charge in [-0.1, -0.05) is 52.3 Å². The lowest BCUT2D eigenvalue weighted by molar-refractivity contribution is -0.144. The Hall–Kier alpha value is -3.02. The van der Waals surface area contributed by atoms with Crippen LogP contribution in [0.2, 0.25) is 5.02 Å². The summed E-state index contributed by atoms with van der Waals surface area (Å²) in [6, 6.07) is 1.65. The first-order valence-electron chi connectivity index (χ1n) is 12.5. The number of hydrogen-bond acceptors (Lipinski definition) is 7. The Labute approximate surface area is 227 Å². The van der Waals surface area contributed by atoms with E-state index in [0.29, 0.717) is 30.4 Å². The maximum atomic E-state index is 13.7. The van der Waals surface area contributed by atoms with Crippen LogP contribution < -0.4 is 16.0 Å². The van der Waals surface area contributed by atoms with Gasteiger partial charge >= 0.3 is 5.97 Å². The van der Waals surface area contributed by atoms with Gasteiger partial charge in [0, 0.05) is 28.7 Å². The van der Waals surface area contributed by atoms with Crippen molar-refractivity contribution in [2.24, 2.45) is 11.3 Å². The molecule has 1 unspecified atom stereocenters. The SMILES string of the molecule is CC(C)C(=O)Nc1ccc(C(O)N[C@H](C(=O)N2CCC[C@H]2C(=O)N[C@H](C=O)CC(=O)O)C(C)(C)C)c(Cl)c1. The largest absolute Gasteiger partial charge is 0.481 e. The number of nitrogens with zero attached hydrogens (tertiary/aromatic N) is 1. The monoisotopic (exact) mass is 552 g/mol. The molecule has 1 aliphatic heterocycles. The van der Waals surface area contributed by atoms with Gasteiger partial charge in [-0.3, -0.25) is 24.5 Å². The molecule has 4 atom stereocenters. The number of likely N-dealkylation sites (tertiary alicyclic amines) is 1. The molecule has 12 heteroatoms. The van der Waals surface area contributed by atoms with Gasteiger partial charge < -0.3 is 30.5 Å². The van der Waals surface area contributed by atoms with Crippen molar-refractivity contribution >= 4 is 47.3 Å². The molecule has 1 aromatic carbocycles. The second-order valence-electron chi connectivity index (χ2n) is 10.8. The number of halogens is 1. The van der Waals surface area contributed by atoms with Crippen LogP contribution in [0.15, 0.2) is 18.2 Å². The number of benzene rings is 1. The molecule has 0 aliphatic carbocycles. The molecule has 0 radical (unpaired) electrons. The number of aldehydes is 1. The number of hydrogen-bond donors (Lipinski definition) is 5. The summed E-state index contributed by atoms with van der Waals surface area (Å²) in [4.78, 5) is 62.0. The molecule has 1 fully saturated rings. The summed E-state index contributed by atoms with van der Waals surface area (Å²) in [5.41, 5.74) is 0.0820. The van der Waals surface area contributed by atoms with E-state index < -0.39 is 54.0 Å². The Bertz CT molecular complexity index is 1060. The van der Waals surface area contributed by atoms with Gasteiger partial charge in [0.2, 0.25) is 17.7 Å². The average molecular weight is 553 g/mol. The Balaban J connectivity index is 2.20. The highest BCUT2D eigenvalue weighted by Gasteiger charge is 2.42. The first kappa shape index (κ1) is 31.2.